The predicted molar refractivity (Wildman–Crippen MR) is 93.2 cm³/mol. The maximum Gasteiger partial charge on any atom is 0.130 e. The van der Waals surface area contributed by atoms with Crippen molar-refractivity contribution in [3.05, 3.63) is 34.9 Å². The monoisotopic (exact) mass is 348 g/mol. The Kier molecular flexibility index (Phi) is 4.44. The molecular formula is C19H25BrO. The van der Waals surface area contributed by atoms with Gasteiger partial charge in [0.1, 0.15) is 11.4 Å². The Balaban J connectivity index is 1.90. The van der Waals surface area contributed by atoms with Gasteiger partial charge in [-0.05, 0) is 38.2 Å². The van der Waals surface area contributed by atoms with Crippen molar-refractivity contribution in [1.29, 1.82) is 0 Å². The van der Waals surface area contributed by atoms with Gasteiger partial charge in [0.05, 0.1) is 0 Å². The van der Waals surface area contributed by atoms with Crippen molar-refractivity contribution in [2.75, 3.05) is 5.33 Å². The third-order valence-corrected chi connectivity index (χ3v) is 5.39. The lowest BCUT2D eigenvalue weighted by Gasteiger charge is -2.24. The highest BCUT2D eigenvalue weighted by atomic mass is 79.9. The van der Waals surface area contributed by atoms with Gasteiger partial charge in [0.15, 0.2) is 0 Å². The van der Waals surface area contributed by atoms with Crippen molar-refractivity contribution in [3.8, 4) is 5.75 Å². The third kappa shape index (κ3) is 3.36. The summed E-state index contributed by atoms with van der Waals surface area (Å²) in [6.45, 7) is 4.35. The van der Waals surface area contributed by atoms with Crippen LogP contribution in [-0.2, 0) is 6.42 Å². The van der Waals surface area contributed by atoms with Crippen molar-refractivity contribution in [2.45, 2.75) is 58.0 Å². The highest BCUT2D eigenvalue weighted by molar-refractivity contribution is 9.09. The maximum absolute atomic E-state index is 6.20. The normalized spacial score (nSPS) is 22.0. The average Bonchev–Trinajstić information content (AvgIpc) is 2.80. The van der Waals surface area contributed by atoms with Crippen LogP contribution in [0.15, 0.2) is 23.8 Å². The van der Waals surface area contributed by atoms with E-state index in [1.807, 2.05) is 0 Å². The van der Waals surface area contributed by atoms with Crippen LogP contribution in [0.4, 0.5) is 0 Å². The molecule has 1 aliphatic carbocycles. The zero-order chi connectivity index (χ0) is 14.9. The molecule has 0 unspecified atom stereocenters. The molecule has 1 aliphatic heterocycles. The van der Waals surface area contributed by atoms with Gasteiger partial charge in [-0.3, -0.25) is 0 Å². The van der Waals surface area contributed by atoms with Gasteiger partial charge < -0.3 is 4.74 Å². The predicted octanol–water partition coefficient (Wildman–Crippen LogP) is 5.76. The largest absolute Gasteiger partial charge is 0.487 e. The fraction of sp³-hybridized carbons (Fsp3) is 0.579. The van der Waals surface area contributed by atoms with Crippen molar-refractivity contribution >= 4 is 22.0 Å². The number of allylic oxidation sites excluding steroid dienone is 1. The van der Waals surface area contributed by atoms with E-state index in [0.29, 0.717) is 0 Å². The summed E-state index contributed by atoms with van der Waals surface area (Å²) in [4.78, 5) is 0. The lowest BCUT2D eigenvalue weighted by molar-refractivity contribution is 0.138. The molecule has 2 aliphatic rings. The molecule has 1 aromatic carbocycles. The molecule has 1 fully saturated rings. The first kappa shape index (κ1) is 15.1. The van der Waals surface area contributed by atoms with Gasteiger partial charge in [0.2, 0.25) is 0 Å². The van der Waals surface area contributed by atoms with Crippen LogP contribution in [0.1, 0.15) is 57.1 Å². The standard InChI is InChI=1S/C19H25BrO/c1-19(2)12-16-10-6-9-15(18(16)21-19)11-17(13-20)14-7-4-3-5-8-14/h6,9-11,14H,3-5,7-8,12-13H2,1-2H3/b17-11-. The summed E-state index contributed by atoms with van der Waals surface area (Å²) in [6, 6.07) is 6.57. The van der Waals surface area contributed by atoms with Crippen LogP contribution < -0.4 is 4.74 Å². The number of ether oxygens (including phenoxy) is 1. The Bertz CT molecular complexity index is 538. The Hall–Kier alpha value is -0.760. The Morgan fingerprint density at radius 2 is 2.05 bits per heavy atom. The van der Waals surface area contributed by atoms with E-state index in [9.17, 15) is 0 Å². The van der Waals surface area contributed by atoms with E-state index in [1.54, 1.807) is 0 Å². The maximum atomic E-state index is 6.20. The molecule has 1 aromatic rings. The van der Waals surface area contributed by atoms with Gasteiger partial charge in [-0.15, -0.1) is 0 Å². The second kappa shape index (κ2) is 6.16. The fourth-order valence-electron chi connectivity index (χ4n) is 3.69. The van der Waals surface area contributed by atoms with Gasteiger partial charge in [-0.2, -0.15) is 0 Å². The smallest absolute Gasteiger partial charge is 0.130 e. The molecule has 0 radical (unpaired) electrons. The average molecular weight is 349 g/mol. The van der Waals surface area contributed by atoms with E-state index in [-0.39, 0.29) is 5.60 Å². The molecule has 0 aromatic heterocycles. The van der Waals surface area contributed by atoms with E-state index >= 15 is 0 Å². The molecule has 0 atom stereocenters. The zero-order valence-electron chi connectivity index (χ0n) is 13.1. The zero-order valence-corrected chi connectivity index (χ0v) is 14.7. The van der Waals surface area contributed by atoms with Crippen molar-refractivity contribution in [1.82, 2.24) is 0 Å². The first-order valence-corrected chi connectivity index (χ1v) is 9.28. The van der Waals surface area contributed by atoms with E-state index in [0.717, 1.165) is 23.4 Å². The second-order valence-electron chi connectivity index (χ2n) is 7.06. The van der Waals surface area contributed by atoms with E-state index in [4.69, 9.17) is 4.74 Å². The highest BCUT2D eigenvalue weighted by Crippen LogP contribution is 2.40. The molecule has 114 valence electrons. The van der Waals surface area contributed by atoms with Crippen LogP contribution in [0.2, 0.25) is 0 Å². The molecule has 0 amide bonds. The van der Waals surface area contributed by atoms with Crippen LogP contribution >= 0.6 is 15.9 Å². The van der Waals surface area contributed by atoms with Gasteiger partial charge in [-0.25, -0.2) is 0 Å². The summed E-state index contributed by atoms with van der Waals surface area (Å²) in [5, 5.41) is 0.977. The number of hydrogen-bond donors (Lipinski definition) is 0. The molecule has 0 spiro atoms. The summed E-state index contributed by atoms with van der Waals surface area (Å²) in [7, 11) is 0. The quantitative estimate of drug-likeness (QED) is 0.631. The van der Waals surface area contributed by atoms with E-state index in [1.165, 1.54) is 48.8 Å². The molecule has 1 heterocycles. The van der Waals surface area contributed by atoms with Gasteiger partial charge in [0.25, 0.3) is 0 Å². The fourth-order valence-corrected chi connectivity index (χ4v) is 4.31. The third-order valence-electron chi connectivity index (χ3n) is 4.75. The van der Waals surface area contributed by atoms with Crippen LogP contribution in [0.5, 0.6) is 5.75 Å². The van der Waals surface area contributed by atoms with Crippen LogP contribution in [-0.4, -0.2) is 10.9 Å². The van der Waals surface area contributed by atoms with E-state index in [2.05, 4.69) is 54.1 Å². The number of hydrogen-bond acceptors (Lipinski definition) is 1. The summed E-state index contributed by atoms with van der Waals surface area (Å²) in [5.74, 6) is 1.86. The highest BCUT2D eigenvalue weighted by Gasteiger charge is 2.31. The second-order valence-corrected chi connectivity index (χ2v) is 7.62. The molecule has 3 rings (SSSR count). The Labute approximate surface area is 136 Å². The van der Waals surface area contributed by atoms with Crippen molar-refractivity contribution in [3.63, 3.8) is 0 Å². The van der Waals surface area contributed by atoms with Crippen LogP contribution in [0.3, 0.4) is 0 Å². The number of halogens is 1. The topological polar surface area (TPSA) is 9.23 Å². The molecule has 0 N–H and O–H groups in total. The molecule has 1 nitrogen and oxygen atoms in total. The number of para-hydroxylation sites is 1. The van der Waals surface area contributed by atoms with E-state index < -0.39 is 0 Å². The van der Waals surface area contributed by atoms with Gasteiger partial charge in [0, 0.05) is 17.3 Å². The Morgan fingerprint density at radius 1 is 1.29 bits per heavy atom. The minimum absolute atomic E-state index is 0.0638. The van der Waals surface area contributed by atoms with Crippen molar-refractivity contribution < 1.29 is 4.74 Å². The number of alkyl halides is 1. The minimum atomic E-state index is -0.0638. The summed E-state index contributed by atoms with van der Waals surface area (Å²) in [6.07, 6.45) is 10.3. The van der Waals surface area contributed by atoms with Crippen molar-refractivity contribution in [2.24, 2.45) is 5.92 Å². The molecule has 0 saturated heterocycles. The summed E-state index contributed by atoms with van der Waals surface area (Å²) in [5.41, 5.74) is 4.09. The molecule has 1 saturated carbocycles. The van der Waals surface area contributed by atoms with Crippen LogP contribution in [0, 0.1) is 5.92 Å². The summed E-state index contributed by atoms with van der Waals surface area (Å²) < 4.78 is 6.20. The van der Waals surface area contributed by atoms with Gasteiger partial charge >= 0.3 is 0 Å². The lowest BCUT2D eigenvalue weighted by atomic mass is 9.83. The minimum Gasteiger partial charge on any atom is -0.487 e. The number of fused-ring (bicyclic) bond motifs is 1. The summed E-state index contributed by atoms with van der Waals surface area (Å²) >= 11 is 3.70. The SMILES string of the molecule is CC1(C)Cc2cccc(/C=C(/CBr)C3CCCCC3)c2O1. The van der Waals surface area contributed by atoms with Gasteiger partial charge in [-0.1, -0.05) is 65.0 Å². The first-order valence-electron chi connectivity index (χ1n) is 8.16. The molecule has 2 heteroatoms. The Morgan fingerprint density at radius 3 is 2.76 bits per heavy atom. The lowest BCUT2D eigenvalue weighted by Crippen LogP contribution is -2.24. The number of rotatable bonds is 3. The van der Waals surface area contributed by atoms with Crippen LogP contribution in [0.25, 0.3) is 6.08 Å². The molecule has 21 heavy (non-hydrogen) atoms. The first-order chi connectivity index (χ1) is 10.1. The molecular weight excluding hydrogens is 324 g/mol. The number of benzene rings is 1. The molecule has 0 bridgehead atoms.